The quantitative estimate of drug-likeness (QED) is 0.106. The Morgan fingerprint density at radius 2 is 1.57 bits per heavy atom. The molecule has 252 valence electrons. The molecule has 0 aliphatic carbocycles. The summed E-state index contributed by atoms with van der Waals surface area (Å²) in [5.74, 6) is 1.22. The lowest BCUT2D eigenvalue weighted by atomic mass is 9.96. The number of esters is 1. The van der Waals surface area contributed by atoms with E-state index in [0.717, 1.165) is 30.4 Å². The Morgan fingerprint density at radius 3 is 2.27 bits per heavy atom. The molecule has 1 aliphatic heterocycles. The molecule has 0 N–H and O–H groups in total. The number of benzene rings is 4. The average molecular weight is 696 g/mol. The molecule has 1 aliphatic rings. The van der Waals surface area contributed by atoms with Gasteiger partial charge in [-0.1, -0.05) is 62.4 Å². The first-order chi connectivity index (χ1) is 23.3. The fourth-order valence-corrected chi connectivity index (χ4v) is 8.35. The van der Waals surface area contributed by atoms with Crippen LogP contribution in [0.15, 0.2) is 102 Å². The summed E-state index contributed by atoms with van der Waals surface area (Å²) in [7, 11) is -3.91. The highest BCUT2D eigenvalue weighted by molar-refractivity contribution is 7.90. The zero-order chi connectivity index (χ0) is 34.9. The number of hydrogen-bond donors (Lipinski definition) is 0. The molecule has 0 spiro atoms. The number of thiophene rings is 1. The lowest BCUT2D eigenvalue weighted by molar-refractivity contribution is -0.148. The highest BCUT2D eigenvalue weighted by Gasteiger charge is 2.40. The maximum Gasteiger partial charge on any atom is 0.331 e. The van der Waals surface area contributed by atoms with Crippen molar-refractivity contribution in [1.29, 1.82) is 0 Å². The van der Waals surface area contributed by atoms with Gasteiger partial charge in [0, 0.05) is 16.2 Å². The lowest BCUT2D eigenvalue weighted by Gasteiger charge is -2.17. The molecule has 10 heteroatoms. The van der Waals surface area contributed by atoms with Gasteiger partial charge in [0.1, 0.15) is 28.6 Å². The van der Waals surface area contributed by atoms with Crippen molar-refractivity contribution in [3.05, 3.63) is 114 Å². The van der Waals surface area contributed by atoms with Crippen molar-refractivity contribution in [3.8, 4) is 27.7 Å². The third kappa shape index (κ3) is 7.25. The summed E-state index contributed by atoms with van der Waals surface area (Å²) in [6.07, 6.45) is 3.12. The zero-order valence-corrected chi connectivity index (χ0v) is 29.6. The van der Waals surface area contributed by atoms with Gasteiger partial charge in [-0.2, -0.15) is 0 Å². The Kier molecular flexibility index (Phi) is 9.37. The highest BCUT2D eigenvalue weighted by atomic mass is 32.2. The van der Waals surface area contributed by atoms with Crippen LogP contribution in [0.25, 0.3) is 26.6 Å². The van der Waals surface area contributed by atoms with Crippen molar-refractivity contribution in [3.63, 3.8) is 0 Å². The van der Waals surface area contributed by atoms with Crippen molar-refractivity contribution >= 4 is 49.4 Å². The molecule has 0 saturated carbocycles. The molecule has 0 saturated heterocycles. The van der Waals surface area contributed by atoms with Crippen molar-refractivity contribution in [1.82, 2.24) is 4.31 Å². The summed E-state index contributed by atoms with van der Waals surface area (Å²) in [5, 5.41) is 0.896. The molecule has 0 unspecified atom stereocenters. The van der Waals surface area contributed by atoms with Gasteiger partial charge in [0.15, 0.2) is 5.75 Å². The monoisotopic (exact) mass is 695 g/mol. The van der Waals surface area contributed by atoms with Crippen LogP contribution in [0.4, 0.5) is 0 Å². The van der Waals surface area contributed by atoms with Crippen LogP contribution in [0, 0.1) is 0 Å². The molecular formula is C39H37NO7S2. The molecule has 1 amide bonds. The molecule has 0 atom stereocenters. The van der Waals surface area contributed by atoms with Crippen LogP contribution in [-0.4, -0.2) is 43.4 Å². The van der Waals surface area contributed by atoms with Crippen LogP contribution >= 0.6 is 11.3 Å². The molecule has 8 nitrogen and oxygen atoms in total. The van der Waals surface area contributed by atoms with E-state index in [-0.39, 0.29) is 29.5 Å². The van der Waals surface area contributed by atoms with E-state index in [0.29, 0.717) is 17.2 Å². The van der Waals surface area contributed by atoms with Gasteiger partial charge in [0.2, 0.25) is 0 Å². The van der Waals surface area contributed by atoms with Gasteiger partial charge < -0.3 is 14.2 Å². The third-order valence-electron chi connectivity index (χ3n) is 7.84. The van der Waals surface area contributed by atoms with Crippen LogP contribution in [0.3, 0.4) is 0 Å². The second-order valence-electron chi connectivity index (χ2n) is 12.9. The molecule has 49 heavy (non-hydrogen) atoms. The predicted octanol–water partition coefficient (Wildman–Crippen LogP) is 9.06. The summed E-state index contributed by atoms with van der Waals surface area (Å²) in [6.45, 7) is 9.69. The fraction of sp³-hybridized carbons (Fsp3) is 0.231. The number of ether oxygens (including phenoxy) is 3. The van der Waals surface area contributed by atoms with Gasteiger partial charge in [0.05, 0.1) is 17.0 Å². The Bertz CT molecular complexity index is 2180. The van der Waals surface area contributed by atoms with Gasteiger partial charge in [-0.15, -0.1) is 11.3 Å². The molecule has 4 aromatic carbocycles. The smallest absolute Gasteiger partial charge is 0.331 e. The molecule has 5 aromatic rings. The first-order valence-corrected chi connectivity index (χ1v) is 18.2. The van der Waals surface area contributed by atoms with Crippen molar-refractivity contribution < 1.29 is 32.2 Å². The van der Waals surface area contributed by atoms with E-state index >= 15 is 0 Å². The molecule has 0 fully saturated rings. The van der Waals surface area contributed by atoms with Crippen LogP contribution < -0.4 is 9.47 Å². The highest BCUT2D eigenvalue weighted by Crippen LogP contribution is 2.49. The predicted molar refractivity (Wildman–Crippen MR) is 193 cm³/mol. The number of rotatable bonds is 10. The van der Waals surface area contributed by atoms with Gasteiger partial charge in [0.25, 0.3) is 15.9 Å². The van der Waals surface area contributed by atoms with Crippen molar-refractivity contribution in [2.45, 2.75) is 51.0 Å². The van der Waals surface area contributed by atoms with E-state index in [1.165, 1.54) is 23.8 Å². The molecule has 2 heterocycles. The maximum atomic E-state index is 13.0. The lowest BCUT2D eigenvalue weighted by Crippen LogP contribution is -2.33. The van der Waals surface area contributed by atoms with Crippen molar-refractivity contribution in [2.75, 3.05) is 13.2 Å². The topological polar surface area (TPSA) is 99.2 Å². The SMILES string of the molecule is CC(C)c1ccccc1-c1sc2cc(OCCN3C(=O)c4ccccc4S3(=O)=O)ccc2c1Oc1ccc(C=CC(=O)OC(C)(C)C)cc1. The second kappa shape index (κ2) is 13.5. The molecular weight excluding hydrogens is 659 g/mol. The number of fused-ring (bicyclic) bond motifs is 2. The first-order valence-electron chi connectivity index (χ1n) is 16.0. The van der Waals surface area contributed by atoms with Crippen LogP contribution in [0.5, 0.6) is 17.2 Å². The number of carbonyl (C=O) groups excluding carboxylic acids is 2. The summed E-state index contributed by atoms with van der Waals surface area (Å²) in [4.78, 5) is 25.9. The summed E-state index contributed by atoms with van der Waals surface area (Å²) < 4.78 is 45.6. The Morgan fingerprint density at radius 1 is 0.898 bits per heavy atom. The van der Waals surface area contributed by atoms with Gasteiger partial charge in [-0.3, -0.25) is 4.79 Å². The second-order valence-corrected chi connectivity index (χ2v) is 15.8. The van der Waals surface area contributed by atoms with Crippen LogP contribution in [0.2, 0.25) is 0 Å². The fourth-order valence-electron chi connectivity index (χ4n) is 5.59. The summed E-state index contributed by atoms with van der Waals surface area (Å²) >= 11 is 1.58. The Hall–Kier alpha value is -4.93. The first kappa shape index (κ1) is 34.0. The van der Waals surface area contributed by atoms with Crippen LogP contribution in [-0.2, 0) is 19.6 Å². The number of sulfonamides is 1. The Labute approximate surface area is 290 Å². The largest absolute Gasteiger partial charge is 0.492 e. The third-order valence-corrected chi connectivity index (χ3v) is 10.8. The van der Waals surface area contributed by atoms with Gasteiger partial charge in [-0.05, 0) is 91.9 Å². The molecule has 0 radical (unpaired) electrons. The van der Waals surface area contributed by atoms with Crippen molar-refractivity contribution in [2.24, 2.45) is 0 Å². The summed E-state index contributed by atoms with van der Waals surface area (Å²) in [5.41, 5.74) is 2.70. The minimum Gasteiger partial charge on any atom is -0.492 e. The number of hydrogen-bond acceptors (Lipinski definition) is 8. The van der Waals surface area contributed by atoms with E-state index in [1.807, 2.05) is 75.4 Å². The van der Waals surface area contributed by atoms with E-state index in [2.05, 4.69) is 26.0 Å². The van der Waals surface area contributed by atoms with E-state index < -0.39 is 27.5 Å². The van der Waals surface area contributed by atoms with Gasteiger partial charge >= 0.3 is 5.97 Å². The maximum absolute atomic E-state index is 13.0. The zero-order valence-electron chi connectivity index (χ0n) is 27.9. The van der Waals surface area contributed by atoms with E-state index in [1.54, 1.807) is 29.5 Å². The van der Waals surface area contributed by atoms with Gasteiger partial charge in [-0.25, -0.2) is 17.5 Å². The average Bonchev–Trinajstić information content (AvgIpc) is 3.51. The standard InChI is InChI=1S/C39H37NO7S2/c1-25(2)29-10-6-7-11-30(29)37-36(46-27-17-14-26(15-18-27)16-21-35(41)47-39(3,4)5)31-20-19-28(24-33(31)48-37)45-23-22-40-38(42)32-12-8-9-13-34(32)49(40,43)44/h6-21,24-25H,22-23H2,1-5H3. The number of amides is 1. The Balaban J connectivity index is 1.26. The number of nitrogens with zero attached hydrogens (tertiary/aromatic N) is 1. The molecule has 6 rings (SSSR count). The van der Waals surface area contributed by atoms with E-state index in [4.69, 9.17) is 14.2 Å². The minimum absolute atomic E-state index is 0.00302. The van der Waals surface area contributed by atoms with Crippen LogP contribution in [0.1, 0.15) is 62.0 Å². The molecule has 1 aromatic heterocycles. The minimum atomic E-state index is -3.91. The normalized spacial score (nSPS) is 14.1. The van der Waals surface area contributed by atoms with E-state index in [9.17, 15) is 18.0 Å². The summed E-state index contributed by atoms with van der Waals surface area (Å²) in [6, 6.07) is 27.6. The number of carbonyl (C=O) groups is 2. The molecule has 0 bridgehead atoms.